The summed E-state index contributed by atoms with van der Waals surface area (Å²) in [7, 11) is 0. The Bertz CT molecular complexity index is 251. The third kappa shape index (κ3) is 4.42. The number of hydrogen-bond acceptors (Lipinski definition) is 1. The Labute approximate surface area is 118 Å². The lowest BCUT2D eigenvalue weighted by molar-refractivity contribution is 0.148. The summed E-state index contributed by atoms with van der Waals surface area (Å²) in [5, 5.41) is 7.74. The number of rotatable bonds is 4. The molecule has 1 fully saturated rings. The van der Waals surface area contributed by atoms with E-state index in [1.54, 1.807) is 0 Å². The molecule has 1 aliphatic carbocycles. The van der Waals surface area contributed by atoms with E-state index in [1.165, 1.54) is 25.7 Å². The van der Waals surface area contributed by atoms with Crippen molar-refractivity contribution in [2.45, 2.75) is 72.4 Å². The normalized spacial score (nSPS) is 32.3. The average Bonchev–Trinajstić information content (AvgIpc) is 2.29. The monoisotopic (exact) mass is 270 g/mol. The maximum absolute atomic E-state index is 5.42. The van der Waals surface area contributed by atoms with Crippen LogP contribution in [0.2, 0.25) is 0 Å². The zero-order valence-corrected chi connectivity index (χ0v) is 13.4. The summed E-state index contributed by atoms with van der Waals surface area (Å²) in [5.41, 5.74) is 0. The fourth-order valence-electron chi connectivity index (χ4n) is 3.34. The molecule has 3 heteroatoms. The molecule has 2 nitrogen and oxygen atoms in total. The standard InChI is InChI=1S/C15H30N2S/c1-6-12-8-11(5)9-13(7-2)14(12)17-15(18)16-10(3)4/h10-14H,6-9H2,1-5H3,(H2,16,17,18). The van der Waals surface area contributed by atoms with Crippen LogP contribution in [0.15, 0.2) is 0 Å². The van der Waals surface area contributed by atoms with Crippen LogP contribution in [0.5, 0.6) is 0 Å². The Morgan fingerprint density at radius 2 is 1.67 bits per heavy atom. The molecule has 2 N–H and O–H groups in total. The van der Waals surface area contributed by atoms with Gasteiger partial charge in [-0.1, -0.05) is 33.6 Å². The van der Waals surface area contributed by atoms with Gasteiger partial charge in [0.1, 0.15) is 0 Å². The van der Waals surface area contributed by atoms with E-state index in [-0.39, 0.29) is 0 Å². The first-order chi connectivity index (χ1) is 8.47. The van der Waals surface area contributed by atoms with Gasteiger partial charge in [0, 0.05) is 12.1 Å². The molecule has 0 aromatic heterocycles. The van der Waals surface area contributed by atoms with Crippen molar-refractivity contribution < 1.29 is 0 Å². The van der Waals surface area contributed by atoms with Gasteiger partial charge in [-0.3, -0.25) is 0 Å². The molecule has 1 rings (SSSR count). The van der Waals surface area contributed by atoms with Crippen molar-refractivity contribution in [2.75, 3.05) is 0 Å². The Hall–Kier alpha value is -0.310. The van der Waals surface area contributed by atoms with Gasteiger partial charge in [0.15, 0.2) is 5.11 Å². The van der Waals surface area contributed by atoms with Gasteiger partial charge in [0.25, 0.3) is 0 Å². The predicted molar refractivity (Wildman–Crippen MR) is 83.8 cm³/mol. The van der Waals surface area contributed by atoms with Gasteiger partial charge in [-0.15, -0.1) is 0 Å². The quantitative estimate of drug-likeness (QED) is 0.762. The van der Waals surface area contributed by atoms with Crippen molar-refractivity contribution in [3.8, 4) is 0 Å². The molecule has 1 saturated carbocycles. The van der Waals surface area contributed by atoms with E-state index in [9.17, 15) is 0 Å². The van der Waals surface area contributed by atoms with E-state index >= 15 is 0 Å². The van der Waals surface area contributed by atoms with Crippen molar-refractivity contribution >= 4 is 17.3 Å². The second-order valence-corrected chi connectivity index (χ2v) is 6.62. The lowest BCUT2D eigenvalue weighted by atomic mass is 9.70. The predicted octanol–water partition coefficient (Wildman–Crippen LogP) is 3.71. The highest BCUT2D eigenvalue weighted by molar-refractivity contribution is 7.80. The first-order valence-corrected chi connectivity index (χ1v) is 7.95. The molecule has 0 radical (unpaired) electrons. The van der Waals surface area contributed by atoms with Crippen LogP contribution in [0.4, 0.5) is 0 Å². The molecule has 0 bridgehead atoms. The molecule has 2 atom stereocenters. The first kappa shape index (κ1) is 15.7. The van der Waals surface area contributed by atoms with Crippen LogP contribution < -0.4 is 10.6 Å². The van der Waals surface area contributed by atoms with Crippen LogP contribution in [-0.2, 0) is 0 Å². The van der Waals surface area contributed by atoms with Gasteiger partial charge in [0.2, 0.25) is 0 Å². The molecule has 0 aromatic rings. The van der Waals surface area contributed by atoms with Crippen molar-refractivity contribution in [2.24, 2.45) is 17.8 Å². The number of thiocarbonyl (C=S) groups is 1. The van der Waals surface area contributed by atoms with Gasteiger partial charge in [0.05, 0.1) is 0 Å². The van der Waals surface area contributed by atoms with Crippen LogP contribution in [0.3, 0.4) is 0 Å². The molecule has 0 spiro atoms. The van der Waals surface area contributed by atoms with E-state index in [2.05, 4.69) is 45.3 Å². The van der Waals surface area contributed by atoms with Crippen molar-refractivity contribution in [1.29, 1.82) is 0 Å². The summed E-state index contributed by atoms with van der Waals surface area (Å²) in [6.45, 7) is 11.3. The number of nitrogens with one attached hydrogen (secondary N) is 2. The van der Waals surface area contributed by atoms with Crippen LogP contribution in [0, 0.1) is 17.8 Å². The van der Waals surface area contributed by atoms with E-state index in [0.29, 0.717) is 12.1 Å². The lowest BCUT2D eigenvalue weighted by Gasteiger charge is -2.41. The average molecular weight is 270 g/mol. The molecule has 2 unspecified atom stereocenters. The van der Waals surface area contributed by atoms with Gasteiger partial charge >= 0.3 is 0 Å². The van der Waals surface area contributed by atoms with Gasteiger partial charge < -0.3 is 10.6 Å². The minimum Gasteiger partial charge on any atom is -0.361 e. The summed E-state index contributed by atoms with van der Waals surface area (Å²) < 4.78 is 0. The Kier molecular flexibility index (Phi) is 6.40. The smallest absolute Gasteiger partial charge is 0.166 e. The summed E-state index contributed by atoms with van der Waals surface area (Å²) in [4.78, 5) is 0. The lowest BCUT2D eigenvalue weighted by Crippen LogP contribution is -2.52. The zero-order valence-electron chi connectivity index (χ0n) is 12.6. The van der Waals surface area contributed by atoms with Crippen molar-refractivity contribution in [1.82, 2.24) is 10.6 Å². The van der Waals surface area contributed by atoms with Crippen LogP contribution in [-0.4, -0.2) is 17.2 Å². The second-order valence-electron chi connectivity index (χ2n) is 6.21. The Morgan fingerprint density at radius 1 is 1.17 bits per heavy atom. The molecule has 0 heterocycles. The molecular weight excluding hydrogens is 240 g/mol. The third-order valence-electron chi connectivity index (χ3n) is 4.19. The molecule has 0 amide bonds. The van der Waals surface area contributed by atoms with Crippen molar-refractivity contribution in [3.05, 3.63) is 0 Å². The van der Waals surface area contributed by atoms with Gasteiger partial charge in [-0.25, -0.2) is 0 Å². The molecular formula is C15H30N2S. The van der Waals surface area contributed by atoms with Crippen LogP contribution in [0.25, 0.3) is 0 Å². The van der Waals surface area contributed by atoms with Gasteiger partial charge in [-0.05, 0) is 56.7 Å². The third-order valence-corrected chi connectivity index (χ3v) is 4.43. The molecule has 0 saturated heterocycles. The molecule has 0 aliphatic heterocycles. The highest BCUT2D eigenvalue weighted by Crippen LogP contribution is 2.36. The minimum atomic E-state index is 0.410. The maximum Gasteiger partial charge on any atom is 0.166 e. The van der Waals surface area contributed by atoms with E-state index < -0.39 is 0 Å². The zero-order chi connectivity index (χ0) is 13.7. The molecule has 18 heavy (non-hydrogen) atoms. The second kappa shape index (κ2) is 7.32. The Morgan fingerprint density at radius 3 is 2.06 bits per heavy atom. The minimum absolute atomic E-state index is 0.410. The Balaban J connectivity index is 2.65. The van der Waals surface area contributed by atoms with Crippen LogP contribution >= 0.6 is 12.2 Å². The van der Waals surface area contributed by atoms with E-state index in [1.807, 2.05) is 0 Å². The first-order valence-electron chi connectivity index (χ1n) is 7.54. The maximum atomic E-state index is 5.42. The van der Waals surface area contributed by atoms with E-state index in [0.717, 1.165) is 22.9 Å². The molecule has 1 aliphatic rings. The number of hydrogen-bond donors (Lipinski definition) is 2. The summed E-state index contributed by atoms with van der Waals surface area (Å²) in [5.74, 6) is 2.40. The summed E-state index contributed by atoms with van der Waals surface area (Å²) in [6, 6.07) is 0.975. The SMILES string of the molecule is CCC1CC(C)CC(CC)C1NC(=S)NC(C)C. The van der Waals surface area contributed by atoms with E-state index in [4.69, 9.17) is 12.2 Å². The molecule has 106 valence electrons. The highest BCUT2D eigenvalue weighted by Gasteiger charge is 2.34. The van der Waals surface area contributed by atoms with Crippen molar-refractivity contribution in [3.63, 3.8) is 0 Å². The molecule has 0 aromatic carbocycles. The summed E-state index contributed by atoms with van der Waals surface area (Å²) >= 11 is 5.42. The largest absolute Gasteiger partial charge is 0.361 e. The topological polar surface area (TPSA) is 24.1 Å². The van der Waals surface area contributed by atoms with Gasteiger partial charge in [-0.2, -0.15) is 0 Å². The van der Waals surface area contributed by atoms with Crippen LogP contribution in [0.1, 0.15) is 60.3 Å². The fraction of sp³-hybridized carbons (Fsp3) is 0.933. The fourth-order valence-corrected chi connectivity index (χ4v) is 3.71. The summed E-state index contributed by atoms with van der Waals surface area (Å²) in [6.07, 6.45) is 5.19. The highest BCUT2D eigenvalue weighted by atomic mass is 32.1.